The number of anilines is 1. The molecule has 0 aromatic heterocycles. The first-order valence-corrected chi connectivity index (χ1v) is 9.95. The fraction of sp³-hybridized carbons (Fsp3) is 0.435. The Morgan fingerprint density at radius 2 is 1.75 bits per heavy atom. The van der Waals surface area contributed by atoms with Crippen LogP contribution in [0.5, 0.6) is 5.75 Å². The van der Waals surface area contributed by atoms with E-state index in [2.05, 4.69) is 36.1 Å². The summed E-state index contributed by atoms with van der Waals surface area (Å²) in [6, 6.07) is 18.2. The molecule has 0 radical (unpaired) electrons. The van der Waals surface area contributed by atoms with Crippen molar-refractivity contribution < 1.29 is 14.3 Å². The number of carbonyl (C=O) groups is 1. The molecule has 2 aliphatic rings. The van der Waals surface area contributed by atoms with Crippen LogP contribution in [0.3, 0.4) is 0 Å². The number of aryl methyl sites for hydroxylation is 1. The van der Waals surface area contributed by atoms with Crippen LogP contribution in [0.2, 0.25) is 0 Å². The maximum atomic E-state index is 12.6. The molecule has 4 rings (SSSR count). The zero-order chi connectivity index (χ0) is 19.6. The number of para-hydroxylation sites is 1. The summed E-state index contributed by atoms with van der Waals surface area (Å²) in [5.41, 5.74) is 2.49. The Morgan fingerprint density at radius 1 is 1.07 bits per heavy atom. The maximum absolute atomic E-state index is 12.6. The highest BCUT2D eigenvalue weighted by atomic mass is 16.5. The van der Waals surface area contributed by atoms with Crippen molar-refractivity contribution in [1.29, 1.82) is 0 Å². The molecule has 0 N–H and O–H groups in total. The number of amides is 1. The molecule has 2 aromatic rings. The molecule has 2 heterocycles. The van der Waals surface area contributed by atoms with Crippen molar-refractivity contribution in [2.45, 2.75) is 31.4 Å². The highest BCUT2D eigenvalue weighted by Gasteiger charge is 2.55. The van der Waals surface area contributed by atoms with Gasteiger partial charge >= 0.3 is 0 Å². The number of likely N-dealkylation sites (tertiary alicyclic amines) is 1. The van der Waals surface area contributed by atoms with Gasteiger partial charge in [-0.05, 0) is 44.0 Å². The molecule has 5 nitrogen and oxygen atoms in total. The van der Waals surface area contributed by atoms with Crippen molar-refractivity contribution >= 4 is 11.6 Å². The molecule has 2 aliphatic heterocycles. The second-order valence-electron chi connectivity index (χ2n) is 7.76. The third-order valence-corrected chi connectivity index (χ3v) is 6.20. The third-order valence-electron chi connectivity index (χ3n) is 6.20. The average Bonchev–Trinajstić information content (AvgIpc) is 2.74. The van der Waals surface area contributed by atoms with Crippen molar-refractivity contribution in [3.8, 4) is 5.75 Å². The Bertz CT molecular complexity index is 798. The molecule has 28 heavy (non-hydrogen) atoms. The summed E-state index contributed by atoms with van der Waals surface area (Å²) in [6.07, 6.45) is 2.04. The van der Waals surface area contributed by atoms with Crippen LogP contribution in [-0.4, -0.2) is 55.8 Å². The van der Waals surface area contributed by atoms with E-state index in [0.29, 0.717) is 0 Å². The van der Waals surface area contributed by atoms with Gasteiger partial charge in [0.2, 0.25) is 0 Å². The van der Waals surface area contributed by atoms with Crippen molar-refractivity contribution in [2.75, 3.05) is 38.3 Å². The molecule has 0 saturated carbocycles. The number of rotatable bonds is 5. The van der Waals surface area contributed by atoms with E-state index in [1.807, 2.05) is 35.2 Å². The largest absolute Gasteiger partial charge is 0.484 e. The van der Waals surface area contributed by atoms with Crippen LogP contribution in [-0.2, 0) is 9.53 Å². The van der Waals surface area contributed by atoms with E-state index in [1.165, 1.54) is 11.3 Å². The van der Waals surface area contributed by atoms with E-state index in [-0.39, 0.29) is 24.2 Å². The Morgan fingerprint density at radius 3 is 2.39 bits per heavy atom. The number of nitrogens with zero attached hydrogens (tertiary/aromatic N) is 2. The summed E-state index contributed by atoms with van der Waals surface area (Å²) in [5, 5.41) is 0. The van der Waals surface area contributed by atoms with Gasteiger partial charge in [0.05, 0.1) is 11.6 Å². The van der Waals surface area contributed by atoms with Crippen LogP contribution in [0.15, 0.2) is 54.6 Å². The van der Waals surface area contributed by atoms with Gasteiger partial charge in [0.25, 0.3) is 5.91 Å². The first kappa shape index (κ1) is 18.8. The van der Waals surface area contributed by atoms with Gasteiger partial charge in [-0.15, -0.1) is 0 Å². The van der Waals surface area contributed by atoms with E-state index < -0.39 is 0 Å². The van der Waals surface area contributed by atoms with Crippen LogP contribution in [0.4, 0.5) is 5.69 Å². The van der Waals surface area contributed by atoms with Crippen LogP contribution >= 0.6 is 0 Å². The summed E-state index contributed by atoms with van der Waals surface area (Å²) in [4.78, 5) is 17.0. The molecule has 148 valence electrons. The first-order valence-electron chi connectivity index (χ1n) is 9.95. The molecule has 1 unspecified atom stereocenters. The minimum atomic E-state index is -0.0128. The Hall–Kier alpha value is -2.53. The number of methoxy groups -OCH3 is 1. The van der Waals surface area contributed by atoms with Crippen LogP contribution in [0.1, 0.15) is 18.4 Å². The van der Waals surface area contributed by atoms with Crippen LogP contribution < -0.4 is 9.64 Å². The Balaban J connectivity index is 1.38. The fourth-order valence-corrected chi connectivity index (χ4v) is 4.45. The summed E-state index contributed by atoms with van der Waals surface area (Å²) in [5.74, 6) is 0.780. The number of ether oxygens (including phenoxy) is 2. The normalized spacial score (nSPS) is 20.7. The SMILES string of the molecule is COC1CN(c2ccc(C)cc2)C12CCN(C(=O)COc1ccccc1)CC2. The predicted molar refractivity (Wildman–Crippen MR) is 110 cm³/mol. The number of hydrogen-bond acceptors (Lipinski definition) is 4. The maximum Gasteiger partial charge on any atom is 0.260 e. The van der Waals surface area contributed by atoms with E-state index >= 15 is 0 Å². The van der Waals surface area contributed by atoms with E-state index in [0.717, 1.165) is 38.2 Å². The highest BCUT2D eigenvalue weighted by Crippen LogP contribution is 2.44. The van der Waals surface area contributed by atoms with Gasteiger partial charge in [0, 0.05) is 32.4 Å². The summed E-state index contributed by atoms with van der Waals surface area (Å²) in [7, 11) is 1.80. The van der Waals surface area contributed by atoms with Gasteiger partial charge < -0.3 is 19.3 Å². The van der Waals surface area contributed by atoms with Crippen molar-refractivity contribution in [3.05, 3.63) is 60.2 Å². The molecule has 1 spiro atoms. The van der Waals surface area contributed by atoms with Crippen molar-refractivity contribution in [2.24, 2.45) is 0 Å². The van der Waals surface area contributed by atoms with Gasteiger partial charge in [0.15, 0.2) is 6.61 Å². The summed E-state index contributed by atoms with van der Waals surface area (Å²) < 4.78 is 11.4. The second-order valence-corrected chi connectivity index (χ2v) is 7.76. The van der Waals surface area contributed by atoms with Gasteiger partial charge in [-0.25, -0.2) is 0 Å². The average molecular weight is 380 g/mol. The lowest BCUT2D eigenvalue weighted by Gasteiger charge is -2.61. The lowest BCUT2D eigenvalue weighted by atomic mass is 9.73. The van der Waals surface area contributed by atoms with Gasteiger partial charge in [-0.3, -0.25) is 4.79 Å². The molecule has 0 bridgehead atoms. The van der Waals surface area contributed by atoms with E-state index in [1.54, 1.807) is 7.11 Å². The predicted octanol–water partition coefficient (Wildman–Crippen LogP) is 3.27. The van der Waals surface area contributed by atoms with E-state index in [9.17, 15) is 4.79 Å². The molecule has 1 amide bonds. The number of hydrogen-bond donors (Lipinski definition) is 0. The van der Waals surface area contributed by atoms with Gasteiger partial charge in [-0.1, -0.05) is 35.9 Å². The molecule has 2 saturated heterocycles. The smallest absolute Gasteiger partial charge is 0.260 e. The van der Waals surface area contributed by atoms with Crippen LogP contribution in [0.25, 0.3) is 0 Å². The summed E-state index contributed by atoms with van der Waals surface area (Å²) >= 11 is 0. The monoisotopic (exact) mass is 380 g/mol. The van der Waals surface area contributed by atoms with E-state index in [4.69, 9.17) is 9.47 Å². The fourth-order valence-electron chi connectivity index (χ4n) is 4.45. The second kappa shape index (κ2) is 7.84. The number of carbonyl (C=O) groups excluding carboxylic acids is 1. The number of benzene rings is 2. The molecule has 5 heteroatoms. The lowest BCUT2D eigenvalue weighted by Crippen LogP contribution is -2.74. The Labute approximate surface area is 166 Å². The standard InChI is InChI=1S/C23H28N2O3/c1-18-8-10-19(11-9-18)25-16-21(27-2)23(25)12-14-24(15-13-23)22(26)17-28-20-6-4-3-5-7-20/h3-11,21H,12-17H2,1-2H3. The molecule has 2 aromatic carbocycles. The first-order chi connectivity index (χ1) is 13.6. The Kier molecular flexibility index (Phi) is 5.27. The minimum Gasteiger partial charge on any atom is -0.484 e. The topological polar surface area (TPSA) is 42.0 Å². The quantitative estimate of drug-likeness (QED) is 0.798. The van der Waals surface area contributed by atoms with Gasteiger partial charge in [-0.2, -0.15) is 0 Å². The minimum absolute atomic E-state index is 0.0128. The van der Waals surface area contributed by atoms with Gasteiger partial charge in [0.1, 0.15) is 5.75 Å². The summed E-state index contributed by atoms with van der Waals surface area (Å²) in [6.45, 7) is 4.57. The zero-order valence-corrected chi connectivity index (χ0v) is 16.6. The van der Waals surface area contributed by atoms with Crippen molar-refractivity contribution in [1.82, 2.24) is 4.90 Å². The van der Waals surface area contributed by atoms with Crippen molar-refractivity contribution in [3.63, 3.8) is 0 Å². The zero-order valence-electron chi connectivity index (χ0n) is 16.6. The molecule has 2 fully saturated rings. The lowest BCUT2D eigenvalue weighted by molar-refractivity contribution is -0.137. The third kappa shape index (κ3) is 3.47. The number of piperidine rings is 1. The molecule has 1 atom stereocenters. The molecule has 0 aliphatic carbocycles. The van der Waals surface area contributed by atoms with Crippen LogP contribution in [0, 0.1) is 6.92 Å². The molecular formula is C23H28N2O3. The molecular weight excluding hydrogens is 352 g/mol. The highest BCUT2D eigenvalue weighted by molar-refractivity contribution is 5.78.